The van der Waals surface area contributed by atoms with Crippen LogP contribution >= 0.6 is 0 Å². The molecule has 0 spiro atoms. The highest BCUT2D eigenvalue weighted by atomic mass is 16.3. The molecular weight excluding hydrogens is 440 g/mol. The highest BCUT2D eigenvalue weighted by Crippen LogP contribution is 2.47. The number of imide groups is 1. The monoisotopic (exact) mass is 455 g/mol. The maximum Gasteiger partial charge on any atom is 0.258 e. The Bertz CT molecular complexity index is 1880. The molecule has 35 heavy (non-hydrogen) atoms. The van der Waals surface area contributed by atoms with E-state index in [1.54, 1.807) is 12.1 Å². The molecule has 1 aromatic heterocycles. The fourth-order valence-electron chi connectivity index (χ4n) is 5.44. The van der Waals surface area contributed by atoms with Crippen LogP contribution in [0.25, 0.3) is 61.0 Å². The molecule has 0 radical (unpaired) electrons. The standard InChI is InChI=1S/C29H15N2O4/c32-24-14-15-25(33)31(24)17-12-10-16(11-13-17)30-18-4-1-6-20-26(18)29-27-19(30)5-2-7-21(27)35-23-9-3-8-22(34-20)28(23)29/h1-15H/q+1. The van der Waals surface area contributed by atoms with Gasteiger partial charge in [0.15, 0.2) is 0 Å². The maximum atomic E-state index is 12.1. The van der Waals surface area contributed by atoms with E-state index >= 15 is 0 Å². The number of benzene rings is 4. The van der Waals surface area contributed by atoms with E-state index in [0.717, 1.165) is 61.0 Å². The molecule has 0 saturated heterocycles. The number of hydrogen-bond donors (Lipinski definition) is 0. The minimum atomic E-state index is -0.335. The number of hydrogen-bond acceptors (Lipinski definition) is 4. The second-order valence-corrected chi connectivity index (χ2v) is 8.71. The van der Waals surface area contributed by atoms with Crippen molar-refractivity contribution < 1.29 is 23.0 Å². The lowest BCUT2D eigenvalue weighted by atomic mass is 9.92. The van der Waals surface area contributed by atoms with Gasteiger partial charge in [0.1, 0.15) is 22.3 Å². The molecule has 6 heteroatoms. The molecule has 2 amide bonds. The first-order chi connectivity index (χ1) is 17.2. The third-order valence-electron chi connectivity index (χ3n) is 6.84. The summed E-state index contributed by atoms with van der Waals surface area (Å²) < 4.78 is 14.8. The molecule has 0 aliphatic carbocycles. The van der Waals surface area contributed by atoms with Crippen molar-refractivity contribution in [1.82, 2.24) is 0 Å². The summed E-state index contributed by atoms with van der Waals surface area (Å²) in [6.07, 6.45) is 2.58. The molecule has 0 bridgehead atoms. The topological polar surface area (TPSA) is 67.5 Å². The van der Waals surface area contributed by atoms with Crippen molar-refractivity contribution in [2.45, 2.75) is 0 Å². The third-order valence-corrected chi connectivity index (χ3v) is 6.84. The molecule has 4 heterocycles. The summed E-state index contributed by atoms with van der Waals surface area (Å²) in [5.74, 6) is -0.670. The average molecular weight is 455 g/mol. The van der Waals surface area contributed by atoms with E-state index in [4.69, 9.17) is 8.83 Å². The average Bonchev–Trinajstić information content (AvgIpc) is 3.22. The lowest BCUT2D eigenvalue weighted by Gasteiger charge is -2.19. The SMILES string of the molecule is O=C1C=CC(=O)N1c1ccc(-[n+]2c3cccc4oc5cccc6oc7cccc2c7c(c43)-c56)cc1. The van der Waals surface area contributed by atoms with Crippen molar-refractivity contribution in [3.8, 4) is 16.8 Å². The second-order valence-electron chi connectivity index (χ2n) is 8.71. The van der Waals surface area contributed by atoms with E-state index in [-0.39, 0.29) is 11.8 Å². The van der Waals surface area contributed by atoms with Crippen molar-refractivity contribution in [3.05, 3.63) is 91.0 Å². The minimum absolute atomic E-state index is 0.335. The zero-order valence-corrected chi connectivity index (χ0v) is 18.2. The summed E-state index contributed by atoms with van der Waals surface area (Å²) in [6.45, 7) is 0. The molecule has 8 rings (SSSR count). The molecule has 0 unspecified atom stereocenters. The summed E-state index contributed by atoms with van der Waals surface area (Å²) in [5, 5.41) is 2.04. The largest absolute Gasteiger partial charge is 0.456 e. The van der Waals surface area contributed by atoms with Crippen LogP contribution in [0.3, 0.4) is 0 Å². The normalized spacial score (nSPS) is 14.2. The van der Waals surface area contributed by atoms with Crippen LogP contribution in [0.4, 0.5) is 5.69 Å². The highest BCUT2D eigenvalue weighted by molar-refractivity contribution is 6.28. The van der Waals surface area contributed by atoms with Gasteiger partial charge in [-0.05, 0) is 36.4 Å². The number of carbonyl (C=O) groups excluding carboxylic acids is 2. The van der Waals surface area contributed by atoms with Crippen LogP contribution < -0.4 is 9.47 Å². The predicted octanol–water partition coefficient (Wildman–Crippen LogP) is 5.73. The van der Waals surface area contributed by atoms with Gasteiger partial charge >= 0.3 is 0 Å². The Labute approximate surface area is 197 Å². The number of carbonyl (C=O) groups is 2. The number of anilines is 1. The van der Waals surface area contributed by atoms with Gasteiger partial charge in [-0.2, -0.15) is 4.57 Å². The number of aromatic nitrogens is 1. The van der Waals surface area contributed by atoms with Crippen LogP contribution in [0, 0.1) is 0 Å². The molecule has 0 saturated carbocycles. The van der Waals surface area contributed by atoms with Crippen LogP contribution in [0.15, 0.2) is 99.8 Å². The number of pyridine rings is 1. The Morgan fingerprint density at radius 2 is 1.09 bits per heavy atom. The van der Waals surface area contributed by atoms with Gasteiger partial charge in [0, 0.05) is 42.0 Å². The Hall–Kier alpha value is -4.97. The van der Waals surface area contributed by atoms with Crippen LogP contribution in [-0.4, -0.2) is 11.8 Å². The first-order valence-corrected chi connectivity index (χ1v) is 11.3. The summed E-state index contributed by atoms with van der Waals surface area (Å²) in [4.78, 5) is 25.4. The molecule has 3 aliphatic rings. The summed E-state index contributed by atoms with van der Waals surface area (Å²) in [6, 6.07) is 25.4. The van der Waals surface area contributed by atoms with E-state index in [1.165, 1.54) is 17.1 Å². The Balaban J connectivity index is 1.49. The molecule has 3 aliphatic heterocycles. The Kier molecular flexibility index (Phi) is 3.34. The lowest BCUT2D eigenvalue weighted by Crippen LogP contribution is -2.34. The smallest absolute Gasteiger partial charge is 0.258 e. The van der Waals surface area contributed by atoms with Crippen molar-refractivity contribution in [1.29, 1.82) is 0 Å². The Morgan fingerprint density at radius 3 is 1.66 bits per heavy atom. The van der Waals surface area contributed by atoms with Gasteiger partial charge in [-0.25, -0.2) is 4.90 Å². The third kappa shape index (κ3) is 2.30. The molecule has 0 fully saturated rings. The van der Waals surface area contributed by atoms with Crippen LogP contribution in [-0.2, 0) is 9.59 Å². The van der Waals surface area contributed by atoms with Crippen molar-refractivity contribution >= 4 is 61.6 Å². The first-order valence-electron chi connectivity index (χ1n) is 11.3. The quantitative estimate of drug-likeness (QED) is 0.144. The highest BCUT2D eigenvalue weighted by Gasteiger charge is 2.32. The molecule has 5 aromatic rings. The van der Waals surface area contributed by atoms with E-state index in [9.17, 15) is 9.59 Å². The fourth-order valence-corrected chi connectivity index (χ4v) is 5.44. The van der Waals surface area contributed by atoms with Crippen LogP contribution in [0.1, 0.15) is 0 Å². The summed E-state index contributed by atoms with van der Waals surface area (Å²) in [7, 11) is 0. The molecule has 0 N–H and O–H groups in total. The molecular formula is C29H15N2O4+. The second kappa shape index (κ2) is 6.33. The van der Waals surface area contributed by atoms with E-state index in [1.807, 2.05) is 54.6 Å². The summed E-state index contributed by atoms with van der Waals surface area (Å²) in [5.41, 5.74) is 8.68. The molecule has 0 atom stereocenters. The molecule has 4 aromatic carbocycles. The van der Waals surface area contributed by atoms with E-state index in [0.29, 0.717) is 5.69 Å². The van der Waals surface area contributed by atoms with Gasteiger partial charge in [0.2, 0.25) is 16.7 Å². The van der Waals surface area contributed by atoms with Crippen molar-refractivity contribution in [2.24, 2.45) is 0 Å². The van der Waals surface area contributed by atoms with Gasteiger partial charge in [0.05, 0.1) is 22.0 Å². The van der Waals surface area contributed by atoms with Gasteiger partial charge < -0.3 is 8.83 Å². The molecule has 164 valence electrons. The van der Waals surface area contributed by atoms with Crippen molar-refractivity contribution in [2.75, 3.05) is 4.90 Å². The summed E-state index contributed by atoms with van der Waals surface area (Å²) >= 11 is 0. The molecule has 6 nitrogen and oxygen atoms in total. The predicted molar refractivity (Wildman–Crippen MR) is 132 cm³/mol. The zero-order chi connectivity index (χ0) is 23.3. The van der Waals surface area contributed by atoms with Crippen molar-refractivity contribution in [3.63, 3.8) is 0 Å². The van der Waals surface area contributed by atoms with E-state index < -0.39 is 0 Å². The number of nitrogens with zero attached hydrogens (tertiary/aromatic N) is 2. The van der Waals surface area contributed by atoms with Gasteiger partial charge in [-0.15, -0.1) is 0 Å². The van der Waals surface area contributed by atoms with E-state index in [2.05, 4.69) is 16.7 Å². The number of rotatable bonds is 2. The Morgan fingerprint density at radius 1 is 0.571 bits per heavy atom. The van der Waals surface area contributed by atoms with Gasteiger partial charge in [-0.3, -0.25) is 9.59 Å². The minimum Gasteiger partial charge on any atom is -0.456 e. The van der Waals surface area contributed by atoms with Crippen LogP contribution in [0.2, 0.25) is 0 Å². The van der Waals surface area contributed by atoms with Crippen LogP contribution in [0.5, 0.6) is 0 Å². The lowest BCUT2D eigenvalue weighted by molar-refractivity contribution is -0.537. The fraction of sp³-hybridized carbons (Fsp3) is 0. The van der Waals surface area contributed by atoms with Gasteiger partial charge in [-0.1, -0.05) is 18.2 Å². The maximum absolute atomic E-state index is 12.1. The first kappa shape index (κ1) is 18.5. The van der Waals surface area contributed by atoms with Gasteiger partial charge in [0.25, 0.3) is 11.8 Å². The number of amides is 2. The zero-order valence-electron chi connectivity index (χ0n) is 18.2.